The van der Waals surface area contributed by atoms with E-state index in [1.165, 1.54) is 0 Å². The SMILES string of the molecule is Cc1ncc(-c2ccc(S(=O)(=O)C(C)C)cc2)nc1-c1nnc(N2CCCC(N)C2)o1.[HH].[HH]. The Hall–Kier alpha value is -2.85. The molecule has 2 aromatic heterocycles. The predicted molar refractivity (Wildman–Crippen MR) is 121 cm³/mol. The van der Waals surface area contributed by atoms with Crippen LogP contribution in [0.2, 0.25) is 0 Å². The molecule has 1 unspecified atom stereocenters. The lowest BCUT2D eigenvalue weighted by Crippen LogP contribution is -2.43. The van der Waals surface area contributed by atoms with E-state index in [9.17, 15) is 8.42 Å². The summed E-state index contributed by atoms with van der Waals surface area (Å²) in [5.41, 5.74) is 8.55. The van der Waals surface area contributed by atoms with Gasteiger partial charge < -0.3 is 15.1 Å². The maximum Gasteiger partial charge on any atom is 0.318 e. The van der Waals surface area contributed by atoms with Crippen LogP contribution in [-0.2, 0) is 9.84 Å². The highest BCUT2D eigenvalue weighted by Gasteiger charge is 2.23. The van der Waals surface area contributed by atoms with E-state index in [4.69, 9.17) is 10.2 Å². The summed E-state index contributed by atoms with van der Waals surface area (Å²) in [7, 11) is -3.33. The van der Waals surface area contributed by atoms with Crippen LogP contribution in [0.1, 0.15) is 35.2 Å². The van der Waals surface area contributed by atoms with Crippen LogP contribution in [0.3, 0.4) is 0 Å². The molecule has 1 aromatic carbocycles. The zero-order valence-corrected chi connectivity index (χ0v) is 18.6. The van der Waals surface area contributed by atoms with Gasteiger partial charge in [0.1, 0.15) is 5.69 Å². The number of aryl methyl sites for hydroxylation is 1. The van der Waals surface area contributed by atoms with Gasteiger partial charge in [-0.3, -0.25) is 4.98 Å². The van der Waals surface area contributed by atoms with E-state index in [0.717, 1.165) is 24.9 Å². The molecule has 9 nitrogen and oxygen atoms in total. The number of hydrogen-bond acceptors (Lipinski definition) is 9. The van der Waals surface area contributed by atoms with Crippen molar-refractivity contribution in [3.05, 3.63) is 36.2 Å². The first-order valence-electron chi connectivity index (χ1n) is 10.3. The van der Waals surface area contributed by atoms with Gasteiger partial charge in [-0.25, -0.2) is 13.4 Å². The maximum atomic E-state index is 12.3. The number of nitrogens with two attached hydrogens (primary N) is 1. The predicted octanol–water partition coefficient (Wildman–Crippen LogP) is 3.10. The van der Waals surface area contributed by atoms with Crippen LogP contribution in [0.25, 0.3) is 22.8 Å². The molecule has 0 spiro atoms. The number of anilines is 1. The third-order valence-corrected chi connectivity index (χ3v) is 7.57. The van der Waals surface area contributed by atoms with Crippen molar-refractivity contribution in [2.45, 2.75) is 49.8 Å². The van der Waals surface area contributed by atoms with E-state index in [2.05, 4.69) is 20.2 Å². The average molecular weight is 447 g/mol. The minimum Gasteiger partial charge on any atom is -0.401 e. The van der Waals surface area contributed by atoms with Crippen LogP contribution in [-0.4, -0.2) is 53.0 Å². The smallest absolute Gasteiger partial charge is 0.318 e. The summed E-state index contributed by atoms with van der Waals surface area (Å²) >= 11 is 0. The van der Waals surface area contributed by atoms with Crippen LogP contribution in [0.4, 0.5) is 6.01 Å². The van der Waals surface area contributed by atoms with Crippen LogP contribution >= 0.6 is 0 Å². The third kappa shape index (κ3) is 4.31. The molecule has 1 aliphatic rings. The first-order chi connectivity index (χ1) is 14.8. The summed E-state index contributed by atoms with van der Waals surface area (Å²) in [5, 5.41) is 7.85. The van der Waals surface area contributed by atoms with Gasteiger partial charge in [0.25, 0.3) is 5.89 Å². The molecule has 0 amide bonds. The molecule has 2 N–H and O–H groups in total. The van der Waals surface area contributed by atoms with Gasteiger partial charge in [-0.15, -0.1) is 5.10 Å². The first-order valence-corrected chi connectivity index (χ1v) is 11.8. The third-order valence-electron chi connectivity index (χ3n) is 5.40. The highest BCUT2D eigenvalue weighted by molar-refractivity contribution is 7.92. The van der Waals surface area contributed by atoms with Gasteiger partial charge in [-0.05, 0) is 45.7 Å². The lowest BCUT2D eigenvalue weighted by Gasteiger charge is -2.28. The van der Waals surface area contributed by atoms with Gasteiger partial charge in [0, 0.05) is 27.5 Å². The number of sulfone groups is 1. The Labute approximate surface area is 184 Å². The monoisotopic (exact) mass is 446 g/mol. The molecule has 3 heterocycles. The van der Waals surface area contributed by atoms with Crippen LogP contribution in [0.5, 0.6) is 0 Å². The van der Waals surface area contributed by atoms with Crippen LogP contribution in [0.15, 0.2) is 39.8 Å². The first kappa shape index (κ1) is 21.4. The van der Waals surface area contributed by atoms with E-state index < -0.39 is 15.1 Å². The lowest BCUT2D eigenvalue weighted by atomic mass is 10.1. The Morgan fingerprint density at radius 3 is 2.65 bits per heavy atom. The highest BCUT2D eigenvalue weighted by Crippen LogP contribution is 2.27. The molecule has 1 atom stereocenters. The summed E-state index contributed by atoms with van der Waals surface area (Å²) in [6.45, 7) is 6.66. The highest BCUT2D eigenvalue weighted by atomic mass is 32.2. The molecular weight excluding hydrogens is 416 g/mol. The molecule has 1 saturated heterocycles. The van der Waals surface area contributed by atoms with Crippen molar-refractivity contribution in [1.29, 1.82) is 0 Å². The Morgan fingerprint density at radius 2 is 1.97 bits per heavy atom. The van der Waals surface area contributed by atoms with Crippen molar-refractivity contribution in [1.82, 2.24) is 20.2 Å². The van der Waals surface area contributed by atoms with E-state index in [0.29, 0.717) is 35.5 Å². The Bertz CT molecular complexity index is 1180. The second kappa shape index (κ2) is 8.35. The molecule has 10 heteroatoms. The topological polar surface area (TPSA) is 128 Å². The van der Waals surface area contributed by atoms with Gasteiger partial charge in [-0.1, -0.05) is 17.2 Å². The van der Waals surface area contributed by atoms with Gasteiger partial charge in [-0.2, -0.15) is 0 Å². The molecule has 3 aromatic rings. The van der Waals surface area contributed by atoms with Gasteiger partial charge in [0.2, 0.25) is 0 Å². The number of nitrogens with zero attached hydrogens (tertiary/aromatic N) is 5. The number of aromatic nitrogens is 4. The molecule has 0 aliphatic carbocycles. The van der Waals surface area contributed by atoms with Gasteiger partial charge in [0.15, 0.2) is 9.84 Å². The molecule has 0 bridgehead atoms. The Morgan fingerprint density at radius 1 is 1.23 bits per heavy atom. The normalized spacial score (nSPS) is 17.3. The van der Waals surface area contributed by atoms with E-state index in [1.807, 2.05) is 11.8 Å². The van der Waals surface area contributed by atoms with E-state index in [-0.39, 0.29) is 13.8 Å². The maximum absolute atomic E-state index is 12.3. The van der Waals surface area contributed by atoms with E-state index >= 15 is 0 Å². The Kier molecular flexibility index (Phi) is 5.76. The van der Waals surface area contributed by atoms with Crippen molar-refractivity contribution in [2.24, 2.45) is 5.73 Å². The fraction of sp³-hybridized carbons (Fsp3) is 0.429. The molecular formula is C21H30N6O3S. The molecule has 0 radical (unpaired) electrons. The van der Waals surface area contributed by atoms with Gasteiger partial charge in [0.05, 0.1) is 27.7 Å². The van der Waals surface area contributed by atoms with Crippen molar-refractivity contribution < 1.29 is 15.7 Å². The standard InChI is InChI=1S/C21H26N6O3S.2H2/c1-13(2)31(28,29)17-8-6-15(7-9-17)18-11-23-14(3)19(24-18)20-25-26-21(30-20)27-10-4-5-16(22)12-27;;/h6-9,11,13,16H,4-5,10,12,22H2,1-3H3;2*1H. The van der Waals surface area contributed by atoms with Crippen molar-refractivity contribution in [2.75, 3.05) is 18.0 Å². The summed E-state index contributed by atoms with van der Waals surface area (Å²) in [5.74, 6) is 0.292. The van der Waals surface area contributed by atoms with Crippen LogP contribution in [0, 0.1) is 6.92 Å². The Balaban J connectivity index is 0.00000193. The molecule has 31 heavy (non-hydrogen) atoms. The fourth-order valence-electron chi connectivity index (χ4n) is 3.50. The largest absolute Gasteiger partial charge is 0.401 e. The van der Waals surface area contributed by atoms with Gasteiger partial charge >= 0.3 is 6.01 Å². The summed E-state index contributed by atoms with van der Waals surface area (Å²) in [6.07, 6.45) is 3.61. The van der Waals surface area contributed by atoms with Crippen LogP contribution < -0.4 is 10.6 Å². The average Bonchev–Trinajstić information content (AvgIpc) is 3.24. The zero-order chi connectivity index (χ0) is 22.2. The number of piperidine rings is 1. The summed E-state index contributed by atoms with van der Waals surface area (Å²) < 4.78 is 30.6. The second-order valence-electron chi connectivity index (χ2n) is 8.05. The summed E-state index contributed by atoms with van der Waals surface area (Å²) in [6, 6.07) is 7.17. The second-order valence-corrected chi connectivity index (χ2v) is 10.5. The molecule has 4 rings (SSSR count). The minimum atomic E-state index is -3.33. The molecule has 168 valence electrons. The zero-order valence-electron chi connectivity index (χ0n) is 17.8. The number of rotatable bonds is 5. The fourth-order valence-corrected chi connectivity index (χ4v) is 4.56. The van der Waals surface area contributed by atoms with Crippen molar-refractivity contribution in [3.63, 3.8) is 0 Å². The van der Waals surface area contributed by atoms with E-state index in [1.54, 1.807) is 44.3 Å². The summed E-state index contributed by atoms with van der Waals surface area (Å²) in [4.78, 5) is 11.4. The van der Waals surface area contributed by atoms with Crippen molar-refractivity contribution >= 4 is 15.9 Å². The molecule has 1 aliphatic heterocycles. The number of benzene rings is 1. The number of hydrogen-bond donors (Lipinski definition) is 1. The minimum absolute atomic E-state index is 0. The lowest BCUT2D eigenvalue weighted by molar-refractivity contribution is 0.460. The molecule has 1 fully saturated rings. The quantitative estimate of drug-likeness (QED) is 0.628. The molecule has 0 saturated carbocycles. The van der Waals surface area contributed by atoms with Crippen molar-refractivity contribution in [3.8, 4) is 22.8 Å².